The molecular formula is C44H55IrN2O2S-. The number of carbonyl (C=O) groups is 1. The maximum absolute atomic E-state index is 11.7. The van der Waals surface area contributed by atoms with Crippen LogP contribution in [0, 0.1) is 30.9 Å². The second kappa shape index (κ2) is 18.3. The molecule has 0 aliphatic heterocycles. The molecule has 0 atom stereocenters. The Bertz CT molecular complexity index is 1910. The molecule has 0 fully saturated rings. The number of aromatic nitrogens is 2. The van der Waals surface area contributed by atoms with Crippen molar-refractivity contribution >= 4 is 38.0 Å². The van der Waals surface area contributed by atoms with Crippen LogP contribution in [-0.4, -0.2) is 15.9 Å². The Labute approximate surface area is 318 Å². The summed E-state index contributed by atoms with van der Waals surface area (Å²) in [5.74, 6) is 1.18. The van der Waals surface area contributed by atoms with Crippen LogP contribution in [-0.2, 0) is 36.7 Å². The number of fused-ring (bicyclic) bond motifs is 2. The number of hydrogen-bond donors (Lipinski definition) is 1. The molecule has 0 aliphatic rings. The van der Waals surface area contributed by atoms with Crippen LogP contribution in [0.2, 0.25) is 0 Å². The predicted molar refractivity (Wildman–Crippen MR) is 209 cm³/mol. The van der Waals surface area contributed by atoms with E-state index in [1.165, 1.54) is 37.6 Å². The molecule has 0 amide bonds. The molecule has 5 aromatic rings. The zero-order valence-corrected chi connectivity index (χ0v) is 34.6. The van der Waals surface area contributed by atoms with Gasteiger partial charge in [0.2, 0.25) is 0 Å². The van der Waals surface area contributed by atoms with Crippen LogP contribution in [0.5, 0.6) is 0 Å². The van der Waals surface area contributed by atoms with Gasteiger partial charge in [0.15, 0.2) is 5.78 Å². The van der Waals surface area contributed by atoms with Crippen molar-refractivity contribution in [3.05, 3.63) is 103 Å². The van der Waals surface area contributed by atoms with Gasteiger partial charge in [0.1, 0.15) is 5.69 Å². The van der Waals surface area contributed by atoms with Gasteiger partial charge in [0, 0.05) is 78.0 Å². The number of benzene rings is 2. The van der Waals surface area contributed by atoms with Gasteiger partial charge >= 0.3 is 0 Å². The first kappa shape index (κ1) is 41.1. The number of aliphatic hydroxyl groups excluding tert-OH is 1. The summed E-state index contributed by atoms with van der Waals surface area (Å²) in [6.45, 7) is 19.4. The topological polar surface area (TPSA) is 54.1 Å². The van der Waals surface area contributed by atoms with Crippen molar-refractivity contribution in [3.8, 4) is 22.4 Å². The number of pyridine rings is 2. The number of rotatable bonds is 11. The molecule has 4 nitrogen and oxygen atoms in total. The summed E-state index contributed by atoms with van der Waals surface area (Å²) in [4.78, 5) is 17.7. The van der Waals surface area contributed by atoms with Crippen molar-refractivity contribution in [2.24, 2.45) is 17.8 Å². The van der Waals surface area contributed by atoms with E-state index in [1.807, 2.05) is 62.2 Å². The molecule has 3 aromatic heterocycles. The second-order valence-electron chi connectivity index (χ2n) is 14.6. The van der Waals surface area contributed by atoms with E-state index in [0.29, 0.717) is 5.92 Å². The smallest absolute Gasteiger partial charge is 0.162 e. The summed E-state index contributed by atoms with van der Waals surface area (Å²) in [6, 6.07) is 21.2. The molecule has 0 spiro atoms. The molecule has 50 heavy (non-hydrogen) atoms. The summed E-state index contributed by atoms with van der Waals surface area (Å²) < 4.78 is 3.25. The molecule has 0 saturated heterocycles. The summed E-state index contributed by atoms with van der Waals surface area (Å²) >= 11 is 1.89. The molecule has 0 bridgehead atoms. The van der Waals surface area contributed by atoms with Crippen LogP contribution in [0.15, 0.2) is 79.0 Å². The van der Waals surface area contributed by atoms with Crippen molar-refractivity contribution < 1.29 is 34.6 Å². The fourth-order valence-electron chi connectivity index (χ4n) is 6.42. The standard InChI is InChI=1S/C31H31N2S.C13H24O2.Ir/c1-20(2)13-25-15-24-18-32-19-27(30(24)34-25)22-11-12-33(6)29(17-22)23-14-21-9-7-8-10-26(21)28(16-23)31(3,4)5;1-5-10(6-2)12(14)9-13(15)11(7-3)8-4;/h7-12,15-20H,6,13H2,1-5H3;9-11,14H,5-8H2,1-4H3;/q-1;;/b;12-9-;. The van der Waals surface area contributed by atoms with Gasteiger partial charge in [0.05, 0.1) is 12.0 Å². The molecule has 5 rings (SSSR count). The maximum Gasteiger partial charge on any atom is 0.162 e. The first-order chi connectivity index (χ1) is 23.3. The van der Waals surface area contributed by atoms with Crippen LogP contribution < -0.4 is 4.57 Å². The van der Waals surface area contributed by atoms with Gasteiger partial charge in [-0.2, -0.15) is 0 Å². The Hall–Kier alpha value is -3.31. The van der Waals surface area contributed by atoms with Crippen molar-refractivity contribution in [2.75, 3.05) is 0 Å². The molecular weight excluding hydrogens is 813 g/mol. The van der Waals surface area contributed by atoms with Crippen LogP contribution in [0.1, 0.15) is 98.4 Å². The molecule has 0 unspecified atom stereocenters. The number of carbonyl (C=O) groups excluding carboxylic acids is 1. The fourth-order valence-corrected chi connectivity index (χ4v) is 7.80. The van der Waals surface area contributed by atoms with E-state index in [4.69, 9.17) is 0 Å². The van der Waals surface area contributed by atoms with Gasteiger partial charge in [0.25, 0.3) is 0 Å². The first-order valence-electron chi connectivity index (χ1n) is 17.9. The third-order valence-corrected chi connectivity index (χ3v) is 10.6. The van der Waals surface area contributed by atoms with Crippen molar-refractivity contribution in [2.45, 2.75) is 99.8 Å². The molecule has 3 heterocycles. The average molecular weight is 868 g/mol. The van der Waals surface area contributed by atoms with Crippen molar-refractivity contribution in [1.82, 2.24) is 4.98 Å². The SMILES string of the molecule is CCC(CC)C(=O)/C=C(\O)C(CC)CC.[CH2-][n+]1ccc(-c2cncc3cc(CC(C)C)sc23)cc1-c1[c-]c2ccccc2c(C(C)(C)C)c1.[Ir]. The molecule has 6 heteroatoms. The largest absolute Gasteiger partial charge is 0.512 e. The summed E-state index contributed by atoms with van der Waals surface area (Å²) in [5.41, 5.74) is 5.78. The molecule has 0 aliphatic carbocycles. The molecule has 0 saturated carbocycles. The van der Waals surface area contributed by atoms with Crippen LogP contribution in [0.4, 0.5) is 0 Å². The minimum absolute atomic E-state index is 0. The second-order valence-corrected chi connectivity index (χ2v) is 15.7. The Morgan fingerprint density at radius 3 is 2.26 bits per heavy atom. The van der Waals surface area contributed by atoms with Crippen molar-refractivity contribution in [3.63, 3.8) is 0 Å². The van der Waals surface area contributed by atoms with Gasteiger partial charge in [-0.15, -0.1) is 40.5 Å². The number of aliphatic hydroxyl groups is 1. The molecule has 1 N–H and O–H groups in total. The van der Waals surface area contributed by atoms with Gasteiger partial charge in [-0.1, -0.05) is 91.5 Å². The minimum atomic E-state index is 0. The van der Waals surface area contributed by atoms with E-state index < -0.39 is 0 Å². The Morgan fingerprint density at radius 1 is 0.980 bits per heavy atom. The minimum Gasteiger partial charge on any atom is -0.512 e. The zero-order valence-electron chi connectivity index (χ0n) is 31.4. The molecule has 269 valence electrons. The van der Waals surface area contributed by atoms with Gasteiger partial charge in [-0.3, -0.25) is 9.78 Å². The van der Waals surface area contributed by atoms with Gasteiger partial charge in [-0.05, 0) is 67.2 Å². The third kappa shape index (κ3) is 9.93. The molecule has 1 radical (unpaired) electrons. The molecule has 2 aromatic carbocycles. The number of allylic oxidation sites excluding steroid dienone is 2. The number of nitrogens with zero attached hydrogens (tertiary/aromatic N) is 2. The first-order valence-corrected chi connectivity index (χ1v) is 18.8. The van der Waals surface area contributed by atoms with Crippen LogP contribution in [0.25, 0.3) is 43.2 Å². The van der Waals surface area contributed by atoms with E-state index in [1.54, 1.807) is 0 Å². The Kier molecular flexibility index (Phi) is 15.0. The number of thiophene rings is 1. The number of hydrogen-bond acceptors (Lipinski definition) is 4. The Balaban J connectivity index is 0.000000361. The third-order valence-electron chi connectivity index (χ3n) is 9.37. The van der Waals surface area contributed by atoms with Crippen LogP contribution >= 0.6 is 11.3 Å². The summed E-state index contributed by atoms with van der Waals surface area (Å²) in [6.07, 6.45) is 12.0. The average Bonchev–Trinajstić information content (AvgIpc) is 3.47. The van der Waals surface area contributed by atoms with E-state index >= 15 is 0 Å². The zero-order chi connectivity index (χ0) is 35.9. The monoisotopic (exact) mass is 868 g/mol. The number of ketones is 1. The van der Waals surface area contributed by atoms with E-state index in [0.717, 1.165) is 54.3 Å². The Morgan fingerprint density at radius 2 is 1.64 bits per heavy atom. The van der Waals surface area contributed by atoms with E-state index in [2.05, 4.69) is 101 Å². The predicted octanol–water partition coefficient (Wildman–Crippen LogP) is 11.9. The fraction of sp³-hybridized carbons (Fsp3) is 0.409. The normalized spacial score (nSPS) is 12.0. The van der Waals surface area contributed by atoms with E-state index in [-0.39, 0.29) is 48.9 Å². The van der Waals surface area contributed by atoms with Crippen molar-refractivity contribution in [1.29, 1.82) is 0 Å². The van der Waals surface area contributed by atoms with Gasteiger partial charge in [-0.25, -0.2) is 0 Å². The maximum atomic E-state index is 11.7. The van der Waals surface area contributed by atoms with E-state index in [9.17, 15) is 9.90 Å². The summed E-state index contributed by atoms with van der Waals surface area (Å²) in [7, 11) is 4.29. The summed E-state index contributed by atoms with van der Waals surface area (Å²) in [5, 5.41) is 13.4. The van der Waals surface area contributed by atoms with Crippen LogP contribution in [0.3, 0.4) is 0 Å². The van der Waals surface area contributed by atoms with Gasteiger partial charge < -0.3 is 9.67 Å². The quantitative estimate of drug-likeness (QED) is 0.0623.